The first-order valence-corrected chi connectivity index (χ1v) is 11.2. The van der Waals surface area contributed by atoms with E-state index in [4.69, 9.17) is 4.74 Å². The summed E-state index contributed by atoms with van der Waals surface area (Å²) in [6.45, 7) is 11.6. The molecule has 7 heteroatoms. The fourth-order valence-electron chi connectivity index (χ4n) is 4.18. The Morgan fingerprint density at radius 2 is 1.70 bits per heavy atom. The van der Waals surface area contributed by atoms with Crippen molar-refractivity contribution in [3.05, 3.63) is 35.4 Å². The molecule has 0 radical (unpaired) electrons. The van der Waals surface area contributed by atoms with Gasteiger partial charge in [-0.1, -0.05) is 29.8 Å². The smallest absolute Gasteiger partial charge is 0.409 e. The van der Waals surface area contributed by atoms with Gasteiger partial charge >= 0.3 is 6.09 Å². The highest BCUT2D eigenvalue weighted by atomic mass is 16.6. The van der Waals surface area contributed by atoms with E-state index >= 15 is 0 Å². The van der Waals surface area contributed by atoms with Crippen LogP contribution in [0.3, 0.4) is 0 Å². The number of benzene rings is 1. The van der Waals surface area contributed by atoms with Gasteiger partial charge in [0.05, 0.1) is 6.61 Å². The van der Waals surface area contributed by atoms with Gasteiger partial charge in [0, 0.05) is 46.3 Å². The minimum absolute atomic E-state index is 0.211. The van der Waals surface area contributed by atoms with Crippen molar-refractivity contribution in [3.8, 4) is 0 Å². The highest BCUT2D eigenvalue weighted by molar-refractivity contribution is 5.80. The number of hydrogen-bond acceptors (Lipinski definition) is 4. The van der Waals surface area contributed by atoms with E-state index in [1.807, 2.05) is 14.0 Å². The molecule has 0 spiro atoms. The number of nitrogens with zero attached hydrogens (tertiary/aromatic N) is 4. The average Bonchev–Trinajstić information content (AvgIpc) is 2.77. The number of guanidine groups is 1. The first kappa shape index (κ1) is 22.4. The first-order valence-electron chi connectivity index (χ1n) is 11.2. The van der Waals surface area contributed by atoms with Gasteiger partial charge < -0.3 is 19.9 Å². The molecule has 3 rings (SSSR count). The average molecular weight is 416 g/mol. The van der Waals surface area contributed by atoms with Crippen LogP contribution in [0.25, 0.3) is 0 Å². The molecule has 2 fully saturated rings. The molecule has 2 aliphatic heterocycles. The molecule has 2 saturated heterocycles. The minimum atomic E-state index is -0.211. The lowest BCUT2D eigenvalue weighted by Crippen LogP contribution is -2.54. The lowest BCUT2D eigenvalue weighted by atomic mass is 9.96. The lowest BCUT2D eigenvalue weighted by molar-refractivity contribution is 0.0913. The van der Waals surface area contributed by atoms with Crippen LogP contribution < -0.4 is 5.32 Å². The number of aryl methyl sites for hydroxylation is 1. The maximum absolute atomic E-state index is 11.9. The van der Waals surface area contributed by atoms with Crippen LogP contribution in [0, 0.1) is 12.8 Å². The maximum atomic E-state index is 11.9. The Morgan fingerprint density at radius 3 is 2.30 bits per heavy atom. The lowest BCUT2D eigenvalue weighted by Gasteiger charge is -2.37. The number of ether oxygens (including phenoxy) is 1. The molecule has 7 nitrogen and oxygen atoms in total. The fraction of sp³-hybridized carbons (Fsp3) is 0.652. The van der Waals surface area contributed by atoms with Crippen LogP contribution in [0.2, 0.25) is 0 Å². The van der Waals surface area contributed by atoms with Crippen molar-refractivity contribution < 1.29 is 9.53 Å². The van der Waals surface area contributed by atoms with E-state index in [1.165, 1.54) is 24.0 Å². The summed E-state index contributed by atoms with van der Waals surface area (Å²) in [6, 6.07) is 8.89. The summed E-state index contributed by atoms with van der Waals surface area (Å²) in [5.74, 6) is 1.62. The normalized spacial score (nSPS) is 19.1. The number of aliphatic imine (C=N–C) groups is 1. The molecule has 0 atom stereocenters. The van der Waals surface area contributed by atoms with Gasteiger partial charge in [0.15, 0.2) is 5.96 Å². The second-order valence-electron chi connectivity index (χ2n) is 8.31. The van der Waals surface area contributed by atoms with Gasteiger partial charge in [0.25, 0.3) is 0 Å². The summed E-state index contributed by atoms with van der Waals surface area (Å²) >= 11 is 0. The highest BCUT2D eigenvalue weighted by Gasteiger charge is 2.25. The van der Waals surface area contributed by atoms with Crippen LogP contribution >= 0.6 is 0 Å². The number of piperidine rings is 1. The number of carbonyl (C=O) groups excluding carboxylic acids is 1. The quantitative estimate of drug-likeness (QED) is 0.592. The monoisotopic (exact) mass is 415 g/mol. The van der Waals surface area contributed by atoms with Gasteiger partial charge in [0.1, 0.15) is 0 Å². The van der Waals surface area contributed by atoms with E-state index in [2.05, 4.69) is 51.3 Å². The zero-order valence-electron chi connectivity index (χ0n) is 18.8. The summed E-state index contributed by atoms with van der Waals surface area (Å²) in [4.78, 5) is 22.9. The number of carbonyl (C=O) groups is 1. The van der Waals surface area contributed by atoms with Crippen LogP contribution in [0.15, 0.2) is 29.3 Å². The molecule has 0 unspecified atom stereocenters. The molecule has 1 aromatic carbocycles. The molecule has 1 amide bonds. The van der Waals surface area contributed by atoms with Crippen LogP contribution in [-0.4, -0.2) is 86.2 Å². The van der Waals surface area contributed by atoms with Gasteiger partial charge in [-0.15, -0.1) is 0 Å². The molecule has 30 heavy (non-hydrogen) atoms. The second-order valence-corrected chi connectivity index (χ2v) is 8.31. The standard InChI is InChI=1S/C23H37N5O2/c1-4-30-23(29)28-15-13-27(14-16-28)22(24-3)25-17-20-9-11-26(12-10-20)18-21-7-5-19(2)6-8-21/h5-8,20H,4,9-18H2,1-3H3,(H,24,25). The van der Waals surface area contributed by atoms with E-state index in [1.54, 1.807) is 4.90 Å². The van der Waals surface area contributed by atoms with E-state index < -0.39 is 0 Å². The van der Waals surface area contributed by atoms with Crippen LogP contribution in [0.5, 0.6) is 0 Å². The topological polar surface area (TPSA) is 60.4 Å². The largest absolute Gasteiger partial charge is 0.450 e. The van der Waals surface area contributed by atoms with Crippen molar-refractivity contribution in [3.63, 3.8) is 0 Å². The van der Waals surface area contributed by atoms with E-state index in [0.29, 0.717) is 25.6 Å². The molecule has 0 saturated carbocycles. The van der Waals surface area contributed by atoms with E-state index in [9.17, 15) is 4.79 Å². The van der Waals surface area contributed by atoms with Crippen LogP contribution in [0.4, 0.5) is 4.79 Å². The Morgan fingerprint density at radius 1 is 1.07 bits per heavy atom. The fourth-order valence-corrected chi connectivity index (χ4v) is 4.18. The number of nitrogens with one attached hydrogen (secondary N) is 1. The number of piperazine rings is 1. The number of rotatable bonds is 5. The van der Waals surface area contributed by atoms with E-state index in [0.717, 1.165) is 45.2 Å². The van der Waals surface area contributed by atoms with Gasteiger partial charge in [-0.25, -0.2) is 4.79 Å². The van der Waals surface area contributed by atoms with Gasteiger partial charge in [-0.05, 0) is 51.3 Å². The van der Waals surface area contributed by atoms with Gasteiger partial charge in [-0.3, -0.25) is 9.89 Å². The highest BCUT2D eigenvalue weighted by Crippen LogP contribution is 2.19. The molecule has 0 aliphatic carbocycles. The van der Waals surface area contributed by atoms with E-state index in [-0.39, 0.29) is 6.09 Å². The molecular formula is C23H37N5O2. The van der Waals surface area contributed by atoms with Crippen LogP contribution in [0.1, 0.15) is 30.9 Å². The molecule has 2 aliphatic rings. The Bertz CT molecular complexity index is 690. The predicted molar refractivity (Wildman–Crippen MR) is 121 cm³/mol. The van der Waals surface area contributed by atoms with Crippen LogP contribution in [-0.2, 0) is 11.3 Å². The summed E-state index contributed by atoms with van der Waals surface area (Å²) in [6.07, 6.45) is 2.22. The minimum Gasteiger partial charge on any atom is -0.450 e. The third-order valence-electron chi connectivity index (χ3n) is 6.10. The molecule has 166 valence electrons. The molecule has 1 aromatic rings. The predicted octanol–water partition coefficient (Wildman–Crippen LogP) is 2.56. The maximum Gasteiger partial charge on any atom is 0.409 e. The van der Waals surface area contributed by atoms with Crippen molar-refractivity contribution in [2.45, 2.75) is 33.2 Å². The molecule has 0 aromatic heterocycles. The Labute approximate surface area is 181 Å². The molecular weight excluding hydrogens is 378 g/mol. The second kappa shape index (κ2) is 11.2. The third kappa shape index (κ3) is 6.36. The van der Waals surface area contributed by atoms with Crippen molar-refractivity contribution in [1.82, 2.24) is 20.0 Å². The van der Waals surface area contributed by atoms with Gasteiger partial charge in [0.2, 0.25) is 0 Å². The Kier molecular flexibility index (Phi) is 8.37. The number of amides is 1. The summed E-state index contributed by atoms with van der Waals surface area (Å²) in [5, 5.41) is 3.57. The molecule has 2 heterocycles. The molecule has 0 bridgehead atoms. The zero-order chi connectivity index (χ0) is 21.3. The number of hydrogen-bond donors (Lipinski definition) is 1. The summed E-state index contributed by atoms with van der Waals surface area (Å²) < 4.78 is 5.10. The number of likely N-dealkylation sites (tertiary alicyclic amines) is 1. The van der Waals surface area contributed by atoms with Crippen molar-refractivity contribution >= 4 is 12.1 Å². The SMILES string of the molecule is CCOC(=O)N1CCN(C(=NC)NCC2CCN(Cc3ccc(C)cc3)CC2)CC1. The summed E-state index contributed by atoms with van der Waals surface area (Å²) in [5.41, 5.74) is 2.72. The van der Waals surface area contributed by atoms with Gasteiger partial charge in [-0.2, -0.15) is 0 Å². The Hall–Kier alpha value is -2.28. The van der Waals surface area contributed by atoms with Crippen molar-refractivity contribution in [1.29, 1.82) is 0 Å². The first-order chi connectivity index (χ1) is 14.6. The Balaban J connectivity index is 1.37. The zero-order valence-corrected chi connectivity index (χ0v) is 18.8. The third-order valence-corrected chi connectivity index (χ3v) is 6.10. The van der Waals surface area contributed by atoms with Crippen molar-refractivity contribution in [2.24, 2.45) is 10.9 Å². The summed E-state index contributed by atoms with van der Waals surface area (Å²) in [7, 11) is 1.84. The van der Waals surface area contributed by atoms with Crippen molar-refractivity contribution in [2.75, 3.05) is 59.5 Å². The molecule has 1 N–H and O–H groups in total.